The van der Waals surface area contributed by atoms with Crippen LogP contribution in [0.2, 0.25) is 0 Å². The number of unbranched alkanes of at least 4 members (excludes halogenated alkanes) is 7. The van der Waals surface area contributed by atoms with Crippen LogP contribution in [-0.4, -0.2) is 62.6 Å². The van der Waals surface area contributed by atoms with Crippen molar-refractivity contribution in [3.63, 3.8) is 0 Å². The molecule has 1 fully saturated rings. The Morgan fingerprint density at radius 3 is 2.04 bits per heavy atom. The van der Waals surface area contributed by atoms with Gasteiger partial charge in [0.05, 0.1) is 6.61 Å². The molecule has 1 aliphatic rings. The first-order chi connectivity index (χ1) is 11.1. The fourth-order valence-corrected chi connectivity index (χ4v) is 5.09. The molecule has 23 heavy (non-hydrogen) atoms. The van der Waals surface area contributed by atoms with Gasteiger partial charge in [0.1, 0.15) is 29.9 Å². The predicted octanol–water partition coefficient (Wildman–Crippen LogP) is 2.31. The average molecular weight is 369 g/mol. The summed E-state index contributed by atoms with van der Waals surface area (Å²) in [6.45, 7) is 1.86. The maximum atomic E-state index is 9.91. The van der Waals surface area contributed by atoms with E-state index in [1.807, 2.05) is 0 Å². The van der Waals surface area contributed by atoms with E-state index in [9.17, 15) is 15.3 Å². The molecule has 0 radical (unpaired) electrons. The van der Waals surface area contributed by atoms with Gasteiger partial charge in [0.15, 0.2) is 0 Å². The molecule has 1 saturated heterocycles. The van der Waals surface area contributed by atoms with E-state index in [2.05, 4.69) is 6.92 Å². The highest BCUT2D eigenvalue weighted by Crippen LogP contribution is 2.36. The quantitative estimate of drug-likeness (QED) is 0.310. The van der Waals surface area contributed by atoms with Crippen LogP contribution in [0.25, 0.3) is 0 Å². The van der Waals surface area contributed by atoms with E-state index >= 15 is 0 Å². The number of hydrogen-bond acceptors (Lipinski definition) is 7. The minimum atomic E-state index is -1.28. The van der Waals surface area contributed by atoms with E-state index in [1.54, 1.807) is 10.8 Å². The Morgan fingerprint density at radius 2 is 1.43 bits per heavy atom. The molecule has 0 aromatic heterocycles. The van der Waals surface area contributed by atoms with Crippen LogP contribution in [0.1, 0.15) is 58.3 Å². The summed E-state index contributed by atoms with van der Waals surface area (Å²) in [6.07, 6.45) is 5.73. The molecule has 5 nitrogen and oxygen atoms in total. The van der Waals surface area contributed by atoms with Crippen molar-refractivity contribution in [3.05, 3.63) is 0 Å². The van der Waals surface area contributed by atoms with Gasteiger partial charge in [-0.3, -0.25) is 0 Å². The van der Waals surface area contributed by atoms with Gasteiger partial charge in [-0.25, -0.2) is 0 Å². The highest BCUT2D eigenvalue weighted by Gasteiger charge is 2.43. The predicted molar refractivity (Wildman–Crippen MR) is 96.4 cm³/mol. The lowest BCUT2D eigenvalue weighted by atomic mass is 10.0. The van der Waals surface area contributed by atoms with Gasteiger partial charge in [-0.15, -0.1) is 0 Å². The number of aliphatic hydroxyl groups is 4. The molecule has 4 N–H and O–H groups in total. The first-order valence-corrected chi connectivity index (χ1v) is 11.1. The summed E-state index contributed by atoms with van der Waals surface area (Å²) in [7, 11) is 2.98. The van der Waals surface area contributed by atoms with E-state index in [-0.39, 0.29) is 6.61 Å². The van der Waals surface area contributed by atoms with E-state index < -0.39 is 29.9 Å². The maximum Gasteiger partial charge on any atom is 0.142 e. The second-order valence-electron chi connectivity index (χ2n) is 6.09. The lowest BCUT2D eigenvalue weighted by Crippen LogP contribution is -2.57. The minimum absolute atomic E-state index is 0.370. The van der Waals surface area contributed by atoms with Gasteiger partial charge in [-0.05, 0) is 6.42 Å². The van der Waals surface area contributed by atoms with E-state index in [0.29, 0.717) is 0 Å². The lowest BCUT2D eigenvalue weighted by molar-refractivity contribution is -0.205. The first kappa shape index (κ1) is 21.5. The number of rotatable bonds is 12. The Bertz CT molecular complexity index is 294. The topological polar surface area (TPSA) is 90.2 Å². The zero-order chi connectivity index (χ0) is 17.1. The molecule has 0 aromatic rings. The van der Waals surface area contributed by atoms with Gasteiger partial charge in [-0.2, -0.15) is 0 Å². The van der Waals surface area contributed by atoms with Gasteiger partial charge < -0.3 is 25.2 Å². The molecule has 2 unspecified atom stereocenters. The molecule has 0 spiro atoms. The summed E-state index contributed by atoms with van der Waals surface area (Å²) in [4.78, 5) is 0. The van der Waals surface area contributed by atoms with Gasteiger partial charge in [0.2, 0.25) is 0 Å². The number of ether oxygens (including phenoxy) is 1. The summed E-state index contributed by atoms with van der Waals surface area (Å²) >= 11 is 0. The summed E-state index contributed by atoms with van der Waals surface area (Å²) in [5.41, 5.74) is -0.621. The zero-order valence-corrected chi connectivity index (χ0v) is 15.6. The van der Waals surface area contributed by atoms with Crippen LogP contribution in [0.15, 0.2) is 0 Å². The minimum Gasteiger partial charge on any atom is -0.394 e. The van der Waals surface area contributed by atoms with E-state index in [1.165, 1.54) is 55.7 Å². The zero-order valence-electron chi connectivity index (χ0n) is 14.0. The largest absolute Gasteiger partial charge is 0.394 e. The molecule has 1 aliphatic heterocycles. The standard InChI is InChI=1S/C16H32O5S2/c1-2-3-4-5-6-7-8-9-10-22-23-16-15(20)14(19)13(18)12(11-17)21-16/h12-20H,2-11H2,1H3/t12?,13-,14+,15-,16?/m1/s1. The molecule has 7 heteroatoms. The maximum absolute atomic E-state index is 9.91. The van der Waals surface area contributed by atoms with Crippen molar-refractivity contribution >= 4 is 21.6 Å². The van der Waals surface area contributed by atoms with Crippen LogP contribution in [-0.2, 0) is 4.74 Å². The third kappa shape index (κ3) is 7.94. The molecule has 5 atom stereocenters. The first-order valence-electron chi connectivity index (χ1n) is 8.70. The summed E-state index contributed by atoms with van der Waals surface area (Å²) in [5, 5.41) is 38.5. The third-order valence-electron chi connectivity index (χ3n) is 4.09. The molecular weight excluding hydrogens is 336 g/mol. The van der Waals surface area contributed by atoms with Crippen molar-refractivity contribution in [2.75, 3.05) is 12.4 Å². The van der Waals surface area contributed by atoms with Crippen LogP contribution >= 0.6 is 21.6 Å². The van der Waals surface area contributed by atoms with Gasteiger partial charge in [-0.1, -0.05) is 73.5 Å². The van der Waals surface area contributed by atoms with Crippen LogP contribution in [0.4, 0.5) is 0 Å². The van der Waals surface area contributed by atoms with Crippen molar-refractivity contribution < 1.29 is 25.2 Å². The molecule has 1 heterocycles. The molecule has 0 saturated carbocycles. The monoisotopic (exact) mass is 368 g/mol. The van der Waals surface area contributed by atoms with Crippen molar-refractivity contribution in [2.45, 2.75) is 88.1 Å². The Labute approximate surface area is 147 Å². The smallest absolute Gasteiger partial charge is 0.142 e. The molecule has 138 valence electrons. The van der Waals surface area contributed by atoms with Gasteiger partial charge in [0, 0.05) is 5.75 Å². The molecule has 0 amide bonds. The average Bonchev–Trinajstić information content (AvgIpc) is 2.56. The highest BCUT2D eigenvalue weighted by atomic mass is 33.1. The number of hydrogen-bond donors (Lipinski definition) is 4. The van der Waals surface area contributed by atoms with E-state index in [0.717, 1.165) is 12.2 Å². The van der Waals surface area contributed by atoms with Crippen molar-refractivity contribution in [1.82, 2.24) is 0 Å². The second kappa shape index (κ2) is 12.8. The van der Waals surface area contributed by atoms with Crippen LogP contribution in [0.3, 0.4) is 0 Å². The van der Waals surface area contributed by atoms with Crippen LogP contribution < -0.4 is 0 Å². The Hall–Kier alpha value is 0.500. The summed E-state index contributed by atoms with van der Waals surface area (Å²) in [5.74, 6) is 0.967. The normalized spacial score (nSPS) is 31.4. The number of aliphatic hydroxyl groups excluding tert-OH is 4. The molecular formula is C16H32O5S2. The summed E-state index contributed by atoms with van der Waals surface area (Å²) < 4.78 is 5.45. The molecule has 0 bridgehead atoms. The second-order valence-corrected chi connectivity index (χ2v) is 8.68. The Morgan fingerprint density at radius 1 is 0.826 bits per heavy atom. The Balaban J connectivity index is 2.06. The lowest BCUT2D eigenvalue weighted by Gasteiger charge is -2.39. The summed E-state index contributed by atoms with van der Waals surface area (Å²) in [6, 6.07) is 0. The van der Waals surface area contributed by atoms with Crippen molar-refractivity contribution in [3.8, 4) is 0 Å². The molecule has 0 aromatic carbocycles. The molecule has 1 rings (SSSR count). The van der Waals surface area contributed by atoms with Crippen LogP contribution in [0, 0.1) is 0 Å². The molecule has 0 aliphatic carbocycles. The SMILES string of the molecule is CCCCCCCCCCSSC1OC(CO)[C@@H](O)[C@H](O)[C@H]1O. The third-order valence-corrected chi connectivity index (χ3v) is 6.74. The van der Waals surface area contributed by atoms with Crippen LogP contribution in [0.5, 0.6) is 0 Å². The van der Waals surface area contributed by atoms with Gasteiger partial charge >= 0.3 is 0 Å². The van der Waals surface area contributed by atoms with E-state index in [4.69, 9.17) is 9.84 Å². The van der Waals surface area contributed by atoms with Gasteiger partial charge in [0.25, 0.3) is 0 Å². The highest BCUT2D eigenvalue weighted by molar-refractivity contribution is 8.76. The van der Waals surface area contributed by atoms with Crippen molar-refractivity contribution in [2.24, 2.45) is 0 Å². The fraction of sp³-hybridized carbons (Fsp3) is 1.00. The van der Waals surface area contributed by atoms with Crippen molar-refractivity contribution in [1.29, 1.82) is 0 Å². The fourth-order valence-electron chi connectivity index (χ4n) is 2.56. The Kier molecular flexibility index (Phi) is 12.0.